The van der Waals surface area contributed by atoms with Crippen molar-refractivity contribution >= 4 is 0 Å². The van der Waals surface area contributed by atoms with Gasteiger partial charge in [-0.15, -0.1) is 0 Å². The van der Waals surface area contributed by atoms with Crippen LogP contribution in [0.25, 0.3) is 0 Å². The Kier molecular flexibility index (Phi) is 2.82. The van der Waals surface area contributed by atoms with E-state index in [2.05, 4.69) is 53.4 Å². The van der Waals surface area contributed by atoms with Crippen LogP contribution in [0.15, 0.2) is 48.5 Å². The Hall–Kier alpha value is -1.60. The maximum absolute atomic E-state index is 2.95. The Labute approximate surface area is 144 Å². The standard InChI is InChI=1S/C23H25N/c1-2-8-15(7-1)24-14-21-17-10-4-3-9-16(17)20-13-22(24)23(21)19-12-6-5-11-18(19)20/h3-6,9-12,15,20-23H,1-2,7-8,13-14H2. The summed E-state index contributed by atoms with van der Waals surface area (Å²) in [6.07, 6.45) is 7.10. The summed E-state index contributed by atoms with van der Waals surface area (Å²) < 4.78 is 0. The third kappa shape index (κ3) is 1.69. The van der Waals surface area contributed by atoms with E-state index in [1.54, 1.807) is 22.3 Å². The summed E-state index contributed by atoms with van der Waals surface area (Å²) in [4.78, 5) is 2.95. The van der Waals surface area contributed by atoms with Gasteiger partial charge in [0.2, 0.25) is 0 Å². The minimum absolute atomic E-state index is 0.618. The second-order valence-electron chi connectivity index (χ2n) is 8.38. The number of rotatable bonds is 1. The van der Waals surface area contributed by atoms with Gasteiger partial charge in [-0.1, -0.05) is 61.4 Å². The first-order valence-corrected chi connectivity index (χ1v) is 9.85. The molecule has 2 aromatic carbocycles. The molecule has 122 valence electrons. The van der Waals surface area contributed by atoms with Crippen molar-refractivity contribution in [1.82, 2.24) is 4.90 Å². The van der Waals surface area contributed by atoms with Gasteiger partial charge in [0.15, 0.2) is 0 Å². The molecule has 2 bridgehead atoms. The minimum Gasteiger partial charge on any atom is -0.296 e. The van der Waals surface area contributed by atoms with Gasteiger partial charge >= 0.3 is 0 Å². The van der Waals surface area contributed by atoms with Crippen LogP contribution in [0.5, 0.6) is 0 Å². The molecule has 3 aliphatic carbocycles. The van der Waals surface area contributed by atoms with Gasteiger partial charge in [0.05, 0.1) is 0 Å². The molecule has 24 heavy (non-hydrogen) atoms. The fraction of sp³-hybridized carbons (Fsp3) is 0.478. The molecule has 0 N–H and O–H groups in total. The molecule has 1 nitrogen and oxygen atoms in total. The van der Waals surface area contributed by atoms with Crippen LogP contribution in [0.2, 0.25) is 0 Å². The maximum Gasteiger partial charge on any atom is 0.0183 e. The second-order valence-corrected chi connectivity index (χ2v) is 8.38. The van der Waals surface area contributed by atoms with Crippen molar-refractivity contribution in [3.8, 4) is 0 Å². The van der Waals surface area contributed by atoms with Crippen LogP contribution < -0.4 is 0 Å². The van der Waals surface area contributed by atoms with E-state index in [0.29, 0.717) is 11.8 Å². The van der Waals surface area contributed by atoms with Crippen molar-refractivity contribution in [3.05, 3.63) is 70.8 Å². The fourth-order valence-electron chi connectivity index (χ4n) is 6.56. The Bertz CT molecular complexity index is 782. The molecule has 1 heteroatoms. The molecule has 4 aliphatic rings. The molecule has 4 unspecified atom stereocenters. The van der Waals surface area contributed by atoms with Gasteiger partial charge in [-0.2, -0.15) is 0 Å². The summed E-state index contributed by atoms with van der Waals surface area (Å²) in [6, 6.07) is 20.4. The van der Waals surface area contributed by atoms with E-state index in [4.69, 9.17) is 0 Å². The van der Waals surface area contributed by atoms with Crippen LogP contribution in [0.1, 0.15) is 72.1 Å². The Balaban J connectivity index is 1.56. The normalized spacial score (nSPS) is 34.2. The molecule has 1 heterocycles. The van der Waals surface area contributed by atoms with Crippen molar-refractivity contribution in [2.75, 3.05) is 6.54 Å². The molecule has 0 spiro atoms. The van der Waals surface area contributed by atoms with E-state index >= 15 is 0 Å². The predicted molar refractivity (Wildman–Crippen MR) is 97.6 cm³/mol. The number of likely N-dealkylation sites (tertiary alicyclic amines) is 1. The zero-order chi connectivity index (χ0) is 15.7. The van der Waals surface area contributed by atoms with Gasteiger partial charge in [-0.05, 0) is 41.5 Å². The average molecular weight is 315 g/mol. The number of fused-ring (bicyclic) bond motifs is 3. The van der Waals surface area contributed by atoms with Crippen LogP contribution >= 0.6 is 0 Å². The molecule has 0 aromatic heterocycles. The van der Waals surface area contributed by atoms with E-state index in [0.717, 1.165) is 18.0 Å². The predicted octanol–water partition coefficient (Wildman–Crippen LogP) is 5.03. The fourth-order valence-corrected chi connectivity index (χ4v) is 6.56. The largest absolute Gasteiger partial charge is 0.296 e. The molecular formula is C23H25N. The zero-order valence-corrected chi connectivity index (χ0v) is 14.2. The van der Waals surface area contributed by atoms with E-state index < -0.39 is 0 Å². The number of benzene rings is 2. The Morgan fingerprint density at radius 2 is 1.38 bits per heavy atom. The van der Waals surface area contributed by atoms with Gasteiger partial charge < -0.3 is 0 Å². The molecule has 1 aliphatic heterocycles. The zero-order valence-electron chi connectivity index (χ0n) is 14.2. The highest BCUT2D eigenvalue weighted by Gasteiger charge is 2.53. The Morgan fingerprint density at radius 1 is 0.750 bits per heavy atom. The highest BCUT2D eigenvalue weighted by molar-refractivity contribution is 5.53. The van der Waals surface area contributed by atoms with E-state index in [1.165, 1.54) is 38.6 Å². The smallest absolute Gasteiger partial charge is 0.0183 e. The van der Waals surface area contributed by atoms with Gasteiger partial charge in [0.1, 0.15) is 0 Å². The minimum atomic E-state index is 0.618. The van der Waals surface area contributed by atoms with Crippen LogP contribution in [-0.2, 0) is 0 Å². The van der Waals surface area contributed by atoms with Gasteiger partial charge in [0.25, 0.3) is 0 Å². The highest BCUT2D eigenvalue weighted by Crippen LogP contribution is 2.59. The van der Waals surface area contributed by atoms with Crippen LogP contribution in [0.3, 0.4) is 0 Å². The quantitative estimate of drug-likeness (QED) is 0.713. The van der Waals surface area contributed by atoms with E-state index in [9.17, 15) is 0 Å². The Morgan fingerprint density at radius 3 is 2.12 bits per heavy atom. The third-order valence-corrected chi connectivity index (χ3v) is 7.45. The molecule has 2 aromatic rings. The van der Waals surface area contributed by atoms with Crippen molar-refractivity contribution < 1.29 is 0 Å². The van der Waals surface area contributed by atoms with Gasteiger partial charge in [-0.3, -0.25) is 4.90 Å². The molecule has 1 saturated heterocycles. The summed E-state index contributed by atoms with van der Waals surface area (Å²) in [6.45, 7) is 1.29. The van der Waals surface area contributed by atoms with Gasteiger partial charge in [0, 0.05) is 36.4 Å². The summed E-state index contributed by atoms with van der Waals surface area (Å²) in [5.74, 6) is 2.05. The second kappa shape index (κ2) is 4.95. The number of nitrogens with zero attached hydrogens (tertiary/aromatic N) is 1. The van der Waals surface area contributed by atoms with Crippen LogP contribution in [-0.4, -0.2) is 23.5 Å². The maximum atomic E-state index is 2.95. The molecule has 2 fully saturated rings. The number of hydrogen-bond donors (Lipinski definition) is 0. The summed E-state index contributed by atoms with van der Waals surface area (Å²) in [5.41, 5.74) is 6.58. The van der Waals surface area contributed by atoms with Crippen molar-refractivity contribution in [2.45, 2.75) is 61.9 Å². The molecule has 6 rings (SSSR count). The number of hydrogen-bond acceptors (Lipinski definition) is 1. The van der Waals surface area contributed by atoms with Crippen molar-refractivity contribution in [1.29, 1.82) is 0 Å². The lowest BCUT2D eigenvalue weighted by molar-refractivity contribution is 0.157. The first kappa shape index (κ1) is 13.7. The van der Waals surface area contributed by atoms with Crippen LogP contribution in [0, 0.1) is 0 Å². The SMILES string of the molecule is c1ccc2c(c1)C1CC3C(c4ccccc41)C2CN3C1CCCC1. The molecule has 0 amide bonds. The van der Waals surface area contributed by atoms with Crippen LogP contribution in [0.4, 0.5) is 0 Å². The summed E-state index contributed by atoms with van der Waals surface area (Å²) in [7, 11) is 0. The highest BCUT2D eigenvalue weighted by atomic mass is 15.2. The lowest BCUT2D eigenvalue weighted by Crippen LogP contribution is -2.42. The molecule has 1 saturated carbocycles. The lowest BCUT2D eigenvalue weighted by Gasteiger charge is -2.39. The third-order valence-electron chi connectivity index (χ3n) is 7.45. The average Bonchev–Trinajstić information content (AvgIpc) is 3.23. The van der Waals surface area contributed by atoms with Gasteiger partial charge in [-0.25, -0.2) is 0 Å². The van der Waals surface area contributed by atoms with E-state index in [1.807, 2.05) is 0 Å². The van der Waals surface area contributed by atoms with Crippen molar-refractivity contribution in [2.24, 2.45) is 0 Å². The first-order chi connectivity index (χ1) is 11.9. The first-order valence-electron chi connectivity index (χ1n) is 9.85. The van der Waals surface area contributed by atoms with E-state index in [-0.39, 0.29) is 0 Å². The summed E-state index contributed by atoms with van der Waals surface area (Å²) in [5, 5.41) is 0. The molecular weight excluding hydrogens is 290 g/mol. The monoisotopic (exact) mass is 315 g/mol. The summed E-state index contributed by atoms with van der Waals surface area (Å²) >= 11 is 0. The molecule has 0 radical (unpaired) electrons. The molecule has 4 atom stereocenters. The topological polar surface area (TPSA) is 3.24 Å². The van der Waals surface area contributed by atoms with Crippen molar-refractivity contribution in [3.63, 3.8) is 0 Å². The lowest BCUT2D eigenvalue weighted by atomic mass is 9.73.